The van der Waals surface area contributed by atoms with Crippen molar-refractivity contribution in [2.75, 3.05) is 18.1 Å². The number of amides is 1. The van der Waals surface area contributed by atoms with E-state index in [9.17, 15) is 13.2 Å². The maximum atomic E-state index is 12.8. The van der Waals surface area contributed by atoms with Crippen LogP contribution in [0.3, 0.4) is 0 Å². The number of carbonyl (C=O) groups excluding carboxylic acids is 1. The average molecular weight is 309 g/mol. The molecule has 116 valence electrons. The highest BCUT2D eigenvalue weighted by molar-refractivity contribution is 7.91. The van der Waals surface area contributed by atoms with Crippen molar-refractivity contribution in [1.29, 1.82) is 0 Å². The molecule has 1 saturated heterocycles. The van der Waals surface area contributed by atoms with Crippen LogP contribution in [0.2, 0.25) is 0 Å². The van der Waals surface area contributed by atoms with E-state index in [4.69, 9.17) is 0 Å². The lowest BCUT2D eigenvalue weighted by Crippen LogP contribution is -2.43. The molecule has 0 saturated carbocycles. The predicted molar refractivity (Wildman–Crippen MR) is 84.1 cm³/mol. The van der Waals surface area contributed by atoms with Gasteiger partial charge in [-0.05, 0) is 31.4 Å². The van der Waals surface area contributed by atoms with E-state index in [0.717, 1.165) is 5.56 Å². The molecule has 0 radical (unpaired) electrons. The molecule has 0 N–H and O–H groups in total. The lowest BCUT2D eigenvalue weighted by Gasteiger charge is -2.30. The summed E-state index contributed by atoms with van der Waals surface area (Å²) in [5.74, 6) is 0.529. The quantitative estimate of drug-likeness (QED) is 0.857. The highest BCUT2D eigenvalue weighted by atomic mass is 32.2. The number of nitrogens with zero attached hydrogens (tertiary/aromatic N) is 1. The zero-order chi connectivity index (χ0) is 15.6. The number of rotatable bonds is 4. The molecule has 1 amide bonds. The molecular formula is C16H23NO3S. The van der Waals surface area contributed by atoms with Crippen LogP contribution >= 0.6 is 0 Å². The molecule has 0 bridgehead atoms. The van der Waals surface area contributed by atoms with E-state index in [0.29, 0.717) is 24.4 Å². The Hall–Kier alpha value is -1.36. The van der Waals surface area contributed by atoms with Gasteiger partial charge in [0.2, 0.25) is 0 Å². The molecule has 4 nitrogen and oxygen atoms in total. The van der Waals surface area contributed by atoms with E-state index in [1.807, 2.05) is 39.0 Å². The van der Waals surface area contributed by atoms with Gasteiger partial charge in [0.25, 0.3) is 5.91 Å². The summed E-state index contributed by atoms with van der Waals surface area (Å²) in [6.07, 6.45) is 0.548. The summed E-state index contributed by atoms with van der Waals surface area (Å²) in [7, 11) is -2.99. The lowest BCUT2D eigenvalue weighted by molar-refractivity contribution is 0.0672. The normalized spacial score (nSPS) is 20.7. The fraction of sp³-hybridized carbons (Fsp3) is 0.562. The van der Waals surface area contributed by atoms with Crippen LogP contribution in [0.25, 0.3) is 0 Å². The summed E-state index contributed by atoms with van der Waals surface area (Å²) in [5, 5.41) is 0. The van der Waals surface area contributed by atoms with Gasteiger partial charge in [0.15, 0.2) is 9.84 Å². The molecule has 1 fully saturated rings. The third kappa shape index (κ3) is 4.06. The van der Waals surface area contributed by atoms with Crippen LogP contribution in [0.5, 0.6) is 0 Å². The van der Waals surface area contributed by atoms with E-state index in [2.05, 4.69) is 0 Å². The highest BCUT2D eigenvalue weighted by Crippen LogP contribution is 2.21. The smallest absolute Gasteiger partial charge is 0.254 e. The molecule has 0 aromatic heterocycles. The number of hydrogen-bond acceptors (Lipinski definition) is 3. The Morgan fingerprint density at radius 3 is 2.62 bits per heavy atom. The summed E-state index contributed by atoms with van der Waals surface area (Å²) >= 11 is 0. The van der Waals surface area contributed by atoms with E-state index >= 15 is 0 Å². The first-order chi connectivity index (χ1) is 9.78. The van der Waals surface area contributed by atoms with Crippen molar-refractivity contribution >= 4 is 15.7 Å². The Bertz CT molecular complexity index is 622. The summed E-state index contributed by atoms with van der Waals surface area (Å²) in [4.78, 5) is 14.5. The van der Waals surface area contributed by atoms with Crippen molar-refractivity contribution in [3.63, 3.8) is 0 Å². The molecule has 0 spiro atoms. The summed E-state index contributed by atoms with van der Waals surface area (Å²) < 4.78 is 23.4. The molecule has 21 heavy (non-hydrogen) atoms. The van der Waals surface area contributed by atoms with Crippen LogP contribution in [0.4, 0.5) is 0 Å². The van der Waals surface area contributed by atoms with Crippen molar-refractivity contribution < 1.29 is 13.2 Å². The minimum Gasteiger partial charge on any atom is -0.334 e. The van der Waals surface area contributed by atoms with Gasteiger partial charge >= 0.3 is 0 Å². The number of hydrogen-bond donors (Lipinski definition) is 0. The predicted octanol–water partition coefficient (Wildman–Crippen LogP) is 2.28. The van der Waals surface area contributed by atoms with Gasteiger partial charge in [-0.1, -0.05) is 31.5 Å². The minimum atomic E-state index is -2.99. The molecule has 1 unspecified atom stereocenters. The molecule has 1 atom stereocenters. The van der Waals surface area contributed by atoms with Crippen molar-refractivity contribution in [3.8, 4) is 0 Å². The van der Waals surface area contributed by atoms with Crippen molar-refractivity contribution in [2.24, 2.45) is 5.92 Å². The molecule has 2 rings (SSSR count). The number of benzene rings is 1. The molecule has 1 aromatic rings. The Labute approximate surface area is 127 Å². The topological polar surface area (TPSA) is 54.5 Å². The monoisotopic (exact) mass is 309 g/mol. The van der Waals surface area contributed by atoms with Crippen LogP contribution in [-0.4, -0.2) is 43.3 Å². The van der Waals surface area contributed by atoms with Gasteiger partial charge in [-0.3, -0.25) is 4.79 Å². The van der Waals surface area contributed by atoms with Crippen molar-refractivity contribution in [1.82, 2.24) is 4.90 Å². The highest BCUT2D eigenvalue weighted by Gasteiger charge is 2.35. The van der Waals surface area contributed by atoms with E-state index < -0.39 is 9.84 Å². The fourth-order valence-electron chi connectivity index (χ4n) is 2.76. The van der Waals surface area contributed by atoms with Gasteiger partial charge < -0.3 is 4.90 Å². The summed E-state index contributed by atoms with van der Waals surface area (Å²) in [5.41, 5.74) is 1.67. The Kier molecular flexibility index (Phi) is 4.71. The Morgan fingerprint density at radius 1 is 1.38 bits per heavy atom. The van der Waals surface area contributed by atoms with E-state index in [1.54, 1.807) is 11.0 Å². The molecule has 0 aliphatic carbocycles. The second kappa shape index (κ2) is 6.18. The number of carbonyl (C=O) groups is 1. The molecule has 1 aliphatic heterocycles. The third-order valence-corrected chi connectivity index (χ3v) is 5.49. The van der Waals surface area contributed by atoms with Crippen LogP contribution in [0.1, 0.15) is 36.2 Å². The standard InChI is InChI=1S/C16H23NO3S/c1-12(2)10-17(15-7-8-21(19,20)11-15)16(18)14-6-4-5-13(3)9-14/h4-6,9,12,15H,7-8,10-11H2,1-3H3. The maximum absolute atomic E-state index is 12.8. The zero-order valence-corrected chi connectivity index (χ0v) is 13.7. The minimum absolute atomic E-state index is 0.0606. The van der Waals surface area contributed by atoms with Crippen molar-refractivity contribution in [3.05, 3.63) is 35.4 Å². The van der Waals surface area contributed by atoms with Crippen LogP contribution in [0, 0.1) is 12.8 Å². The van der Waals surface area contributed by atoms with Crippen LogP contribution < -0.4 is 0 Å². The van der Waals surface area contributed by atoms with Gasteiger partial charge in [-0.25, -0.2) is 8.42 Å². The first-order valence-electron chi connectivity index (χ1n) is 7.36. The molecule has 5 heteroatoms. The number of aryl methyl sites for hydroxylation is 1. The van der Waals surface area contributed by atoms with Crippen LogP contribution in [-0.2, 0) is 9.84 Å². The summed E-state index contributed by atoms with van der Waals surface area (Å²) in [6.45, 7) is 6.62. The Morgan fingerprint density at radius 2 is 2.10 bits per heavy atom. The molecular weight excluding hydrogens is 286 g/mol. The van der Waals surface area contributed by atoms with Gasteiger partial charge in [0.1, 0.15) is 0 Å². The third-order valence-electron chi connectivity index (χ3n) is 3.74. The molecule has 1 heterocycles. The van der Waals surface area contributed by atoms with Crippen molar-refractivity contribution in [2.45, 2.75) is 33.2 Å². The average Bonchev–Trinajstić information content (AvgIpc) is 2.75. The van der Waals surface area contributed by atoms with E-state index in [1.165, 1.54) is 0 Å². The largest absolute Gasteiger partial charge is 0.334 e. The summed E-state index contributed by atoms with van der Waals surface area (Å²) in [6, 6.07) is 7.28. The van der Waals surface area contributed by atoms with Gasteiger partial charge in [0.05, 0.1) is 11.5 Å². The second-order valence-corrected chi connectivity index (χ2v) is 8.51. The maximum Gasteiger partial charge on any atom is 0.254 e. The Balaban J connectivity index is 2.26. The van der Waals surface area contributed by atoms with Crippen LogP contribution in [0.15, 0.2) is 24.3 Å². The van der Waals surface area contributed by atoms with Gasteiger partial charge in [0, 0.05) is 18.2 Å². The van der Waals surface area contributed by atoms with Gasteiger partial charge in [-0.2, -0.15) is 0 Å². The zero-order valence-electron chi connectivity index (χ0n) is 12.9. The fourth-order valence-corrected chi connectivity index (χ4v) is 4.49. The molecule has 1 aliphatic rings. The number of sulfone groups is 1. The lowest BCUT2D eigenvalue weighted by atomic mass is 10.1. The first-order valence-corrected chi connectivity index (χ1v) is 9.19. The second-order valence-electron chi connectivity index (χ2n) is 6.28. The van der Waals surface area contributed by atoms with Gasteiger partial charge in [-0.15, -0.1) is 0 Å². The van der Waals surface area contributed by atoms with E-state index in [-0.39, 0.29) is 23.5 Å². The first kappa shape index (κ1) is 16.0. The molecule has 1 aromatic carbocycles. The SMILES string of the molecule is Cc1cccc(C(=O)N(CC(C)C)C2CCS(=O)(=O)C2)c1.